The van der Waals surface area contributed by atoms with Crippen LogP contribution in [0.2, 0.25) is 0 Å². The van der Waals surface area contributed by atoms with Gasteiger partial charge >= 0.3 is 0 Å². The summed E-state index contributed by atoms with van der Waals surface area (Å²) >= 11 is 0. The van der Waals surface area contributed by atoms with Crippen LogP contribution in [0.3, 0.4) is 0 Å². The van der Waals surface area contributed by atoms with Crippen LogP contribution in [0.1, 0.15) is 32.4 Å². The Balaban J connectivity index is 1.49. The standard InChI is InChI=1S/C26H23N3O6/c1-33-20-12-15(13-21(34-2)23(20)35-3)27-22(30)14-28-24-16-8-4-5-9-17(16)26(32)29(24)19-11-7-6-10-18(19)25(28)31/h4-13,24H,14H2,1-3H3,(H,27,30)/t24-/m0/s1. The lowest BCUT2D eigenvalue weighted by atomic mass is 10.0. The summed E-state index contributed by atoms with van der Waals surface area (Å²) in [6.07, 6.45) is -0.716. The van der Waals surface area contributed by atoms with Gasteiger partial charge in [0, 0.05) is 28.9 Å². The molecule has 0 spiro atoms. The monoisotopic (exact) mass is 473 g/mol. The van der Waals surface area contributed by atoms with Crippen LogP contribution in [0.25, 0.3) is 0 Å². The fraction of sp³-hybridized carbons (Fsp3) is 0.192. The molecular formula is C26H23N3O6. The number of anilines is 2. The van der Waals surface area contributed by atoms with Crippen LogP contribution in [0.15, 0.2) is 60.7 Å². The quantitative estimate of drug-likeness (QED) is 0.589. The number of amides is 3. The Morgan fingerprint density at radius 3 is 2.14 bits per heavy atom. The van der Waals surface area contributed by atoms with Gasteiger partial charge in [-0.25, -0.2) is 0 Å². The van der Waals surface area contributed by atoms with Gasteiger partial charge in [0.05, 0.1) is 32.6 Å². The van der Waals surface area contributed by atoms with Crippen LogP contribution in [0, 0.1) is 0 Å². The number of ether oxygens (including phenoxy) is 3. The molecule has 178 valence electrons. The summed E-state index contributed by atoms with van der Waals surface area (Å²) in [5.41, 5.74) is 2.50. The molecule has 5 rings (SSSR count). The lowest BCUT2D eigenvalue weighted by molar-refractivity contribution is -0.117. The average molecular weight is 473 g/mol. The summed E-state index contributed by atoms with van der Waals surface area (Å²) in [4.78, 5) is 42.9. The van der Waals surface area contributed by atoms with E-state index in [1.165, 1.54) is 26.2 Å². The first-order valence-corrected chi connectivity index (χ1v) is 10.9. The van der Waals surface area contributed by atoms with Crippen molar-refractivity contribution < 1.29 is 28.6 Å². The predicted molar refractivity (Wildman–Crippen MR) is 128 cm³/mol. The Morgan fingerprint density at radius 2 is 1.49 bits per heavy atom. The van der Waals surface area contributed by atoms with Crippen LogP contribution >= 0.6 is 0 Å². The van der Waals surface area contributed by atoms with Crippen LogP contribution < -0.4 is 24.4 Å². The van der Waals surface area contributed by atoms with E-state index in [1.54, 1.807) is 53.4 Å². The molecule has 3 aromatic rings. The first-order valence-electron chi connectivity index (χ1n) is 10.9. The first kappa shape index (κ1) is 22.3. The third kappa shape index (κ3) is 3.52. The maximum atomic E-state index is 13.5. The highest BCUT2D eigenvalue weighted by Crippen LogP contribution is 2.45. The summed E-state index contributed by atoms with van der Waals surface area (Å²) < 4.78 is 16.0. The number of hydrogen-bond acceptors (Lipinski definition) is 6. The predicted octanol–water partition coefficient (Wildman–Crippen LogP) is 3.47. The fourth-order valence-corrected chi connectivity index (χ4v) is 4.64. The third-order valence-corrected chi connectivity index (χ3v) is 6.15. The van der Waals surface area contributed by atoms with Gasteiger partial charge in [-0.05, 0) is 18.2 Å². The van der Waals surface area contributed by atoms with Gasteiger partial charge in [-0.2, -0.15) is 0 Å². The van der Waals surface area contributed by atoms with Gasteiger partial charge in [-0.1, -0.05) is 30.3 Å². The molecule has 1 N–H and O–H groups in total. The second-order valence-electron chi connectivity index (χ2n) is 8.05. The van der Waals surface area contributed by atoms with Crippen molar-refractivity contribution in [1.29, 1.82) is 0 Å². The zero-order valence-electron chi connectivity index (χ0n) is 19.4. The molecular weight excluding hydrogens is 450 g/mol. The molecule has 2 aliphatic heterocycles. The Morgan fingerprint density at radius 1 is 0.857 bits per heavy atom. The molecule has 35 heavy (non-hydrogen) atoms. The lowest BCUT2D eigenvalue weighted by Gasteiger charge is -2.40. The summed E-state index contributed by atoms with van der Waals surface area (Å²) in [6.45, 7) is -0.271. The van der Waals surface area contributed by atoms with E-state index in [9.17, 15) is 14.4 Å². The molecule has 1 atom stereocenters. The number of para-hydroxylation sites is 1. The second kappa shape index (κ2) is 8.68. The van der Waals surface area contributed by atoms with Crippen molar-refractivity contribution in [2.45, 2.75) is 6.17 Å². The van der Waals surface area contributed by atoms with E-state index in [0.29, 0.717) is 45.3 Å². The molecule has 0 unspecified atom stereocenters. The maximum absolute atomic E-state index is 13.5. The Bertz CT molecular complexity index is 1330. The number of rotatable bonds is 6. The summed E-state index contributed by atoms with van der Waals surface area (Å²) in [7, 11) is 4.46. The molecule has 0 bridgehead atoms. The first-order chi connectivity index (χ1) is 17.0. The number of carbonyl (C=O) groups is 3. The molecule has 2 aliphatic rings. The molecule has 9 nitrogen and oxygen atoms in total. The number of carbonyl (C=O) groups excluding carboxylic acids is 3. The van der Waals surface area contributed by atoms with E-state index < -0.39 is 12.1 Å². The van der Waals surface area contributed by atoms with Crippen LogP contribution in [-0.4, -0.2) is 50.5 Å². The summed E-state index contributed by atoms with van der Waals surface area (Å²) in [5, 5.41) is 2.80. The molecule has 0 aliphatic carbocycles. The number of benzene rings is 3. The van der Waals surface area contributed by atoms with Gasteiger partial charge in [-0.15, -0.1) is 0 Å². The van der Waals surface area contributed by atoms with Gasteiger partial charge in [0.15, 0.2) is 11.5 Å². The van der Waals surface area contributed by atoms with Crippen LogP contribution in [0.5, 0.6) is 17.2 Å². The zero-order chi connectivity index (χ0) is 24.7. The van der Waals surface area contributed by atoms with Gasteiger partial charge in [0.2, 0.25) is 11.7 Å². The zero-order valence-corrected chi connectivity index (χ0v) is 19.4. The van der Waals surface area contributed by atoms with E-state index in [-0.39, 0.29) is 18.4 Å². The molecule has 3 aromatic carbocycles. The van der Waals surface area contributed by atoms with Crippen molar-refractivity contribution in [1.82, 2.24) is 4.90 Å². The highest BCUT2D eigenvalue weighted by molar-refractivity contribution is 6.17. The van der Waals surface area contributed by atoms with Crippen molar-refractivity contribution in [2.24, 2.45) is 0 Å². The smallest absolute Gasteiger partial charge is 0.260 e. The minimum absolute atomic E-state index is 0.208. The van der Waals surface area contributed by atoms with Crippen molar-refractivity contribution in [3.63, 3.8) is 0 Å². The Hall–Kier alpha value is -4.53. The average Bonchev–Trinajstić information content (AvgIpc) is 3.18. The molecule has 0 saturated carbocycles. The number of fused-ring (bicyclic) bond motifs is 5. The molecule has 9 heteroatoms. The topological polar surface area (TPSA) is 97.4 Å². The number of methoxy groups -OCH3 is 3. The minimum Gasteiger partial charge on any atom is -0.493 e. The van der Waals surface area contributed by atoms with Crippen molar-refractivity contribution in [3.05, 3.63) is 77.4 Å². The highest BCUT2D eigenvalue weighted by Gasteiger charge is 2.48. The lowest BCUT2D eigenvalue weighted by Crippen LogP contribution is -2.50. The number of nitrogens with zero attached hydrogens (tertiary/aromatic N) is 2. The van der Waals surface area contributed by atoms with Gasteiger partial charge < -0.3 is 24.4 Å². The van der Waals surface area contributed by atoms with E-state index in [1.807, 2.05) is 12.1 Å². The molecule has 0 radical (unpaired) electrons. The molecule has 0 saturated heterocycles. The minimum atomic E-state index is -0.716. The Labute approximate surface area is 201 Å². The maximum Gasteiger partial charge on any atom is 0.260 e. The van der Waals surface area contributed by atoms with Crippen molar-refractivity contribution >= 4 is 29.1 Å². The SMILES string of the molecule is COc1cc(NC(=O)CN2C(=O)c3ccccc3N3C(=O)c4ccccc4[C@@H]23)cc(OC)c1OC. The largest absolute Gasteiger partial charge is 0.493 e. The van der Waals surface area contributed by atoms with Crippen LogP contribution in [-0.2, 0) is 4.79 Å². The van der Waals surface area contributed by atoms with E-state index in [2.05, 4.69) is 5.32 Å². The van der Waals surface area contributed by atoms with E-state index in [4.69, 9.17) is 14.2 Å². The normalized spacial score (nSPS) is 15.8. The van der Waals surface area contributed by atoms with E-state index >= 15 is 0 Å². The van der Waals surface area contributed by atoms with Crippen molar-refractivity contribution in [2.75, 3.05) is 38.1 Å². The fourth-order valence-electron chi connectivity index (χ4n) is 4.64. The Kier molecular flexibility index (Phi) is 5.52. The third-order valence-electron chi connectivity index (χ3n) is 6.15. The van der Waals surface area contributed by atoms with Crippen molar-refractivity contribution in [3.8, 4) is 17.2 Å². The van der Waals surface area contributed by atoms with Gasteiger partial charge in [0.25, 0.3) is 11.8 Å². The molecule has 3 amide bonds. The summed E-state index contributed by atoms with van der Waals surface area (Å²) in [6, 6.07) is 17.3. The van der Waals surface area contributed by atoms with Crippen LogP contribution in [0.4, 0.5) is 11.4 Å². The highest BCUT2D eigenvalue weighted by atomic mass is 16.5. The van der Waals surface area contributed by atoms with Gasteiger partial charge in [0.1, 0.15) is 12.7 Å². The van der Waals surface area contributed by atoms with Gasteiger partial charge in [-0.3, -0.25) is 19.3 Å². The number of nitrogens with one attached hydrogen (secondary N) is 1. The van der Waals surface area contributed by atoms with E-state index in [0.717, 1.165) is 0 Å². The second-order valence-corrected chi connectivity index (χ2v) is 8.05. The molecule has 2 heterocycles. The molecule has 0 fully saturated rings. The number of hydrogen-bond donors (Lipinski definition) is 1. The summed E-state index contributed by atoms with van der Waals surface area (Å²) in [5.74, 6) is 0.182. The molecule has 0 aromatic heterocycles.